The number of hydrogen-bond donors (Lipinski definition) is 0. The molecule has 0 aliphatic carbocycles. The van der Waals surface area contributed by atoms with Crippen LogP contribution in [0.4, 0.5) is 23.2 Å². The number of rotatable bonds is 2. The summed E-state index contributed by atoms with van der Waals surface area (Å²) in [6.45, 7) is 0.598. The van der Waals surface area contributed by atoms with Crippen molar-refractivity contribution in [1.82, 2.24) is 9.88 Å². The van der Waals surface area contributed by atoms with Crippen LogP contribution < -0.4 is 4.90 Å². The largest absolute Gasteiger partial charge is 0.433 e. The van der Waals surface area contributed by atoms with Crippen molar-refractivity contribution >= 4 is 17.5 Å². The van der Waals surface area contributed by atoms with Gasteiger partial charge in [-0.1, -0.05) is 0 Å². The number of aromatic nitrogens is 1. The fourth-order valence-electron chi connectivity index (χ4n) is 3.96. The van der Waals surface area contributed by atoms with Gasteiger partial charge in [0.05, 0.1) is 18.7 Å². The lowest BCUT2D eigenvalue weighted by atomic mass is 9.90. The Bertz CT molecular complexity index is 979. The van der Waals surface area contributed by atoms with Crippen LogP contribution in [0.15, 0.2) is 42.6 Å². The van der Waals surface area contributed by atoms with Crippen LogP contribution in [0.1, 0.15) is 28.9 Å². The number of halogens is 4. The fraction of sp³-hybridized carbons (Fsp3) is 0.381. The molecule has 1 spiro atoms. The van der Waals surface area contributed by atoms with E-state index in [1.54, 1.807) is 0 Å². The van der Waals surface area contributed by atoms with Gasteiger partial charge in [0.15, 0.2) is 0 Å². The first-order valence-electron chi connectivity index (χ1n) is 9.69. The second kappa shape index (κ2) is 7.92. The zero-order valence-corrected chi connectivity index (χ0v) is 16.4. The Labute approximate surface area is 175 Å². The second-order valence-electron chi connectivity index (χ2n) is 7.69. The summed E-state index contributed by atoms with van der Waals surface area (Å²) >= 11 is 0. The van der Waals surface area contributed by atoms with Gasteiger partial charge in [-0.05, 0) is 49.2 Å². The zero-order valence-electron chi connectivity index (χ0n) is 16.4. The molecule has 0 saturated carbocycles. The summed E-state index contributed by atoms with van der Waals surface area (Å²) in [7, 11) is 0. The molecule has 2 fully saturated rings. The number of anilines is 1. The molecule has 2 aliphatic heterocycles. The third kappa shape index (κ3) is 4.39. The van der Waals surface area contributed by atoms with E-state index < -0.39 is 29.2 Å². The first-order valence-corrected chi connectivity index (χ1v) is 9.69. The summed E-state index contributed by atoms with van der Waals surface area (Å²) in [6, 6.07) is 7.42. The van der Waals surface area contributed by atoms with Crippen LogP contribution in [0.25, 0.3) is 0 Å². The number of pyridine rings is 1. The number of morpholine rings is 1. The van der Waals surface area contributed by atoms with Crippen molar-refractivity contribution in [1.29, 1.82) is 0 Å². The van der Waals surface area contributed by atoms with Gasteiger partial charge in [0.25, 0.3) is 11.8 Å². The van der Waals surface area contributed by atoms with E-state index in [1.807, 2.05) is 0 Å². The number of hydrogen-bond acceptors (Lipinski definition) is 4. The molecule has 1 aromatic carbocycles. The van der Waals surface area contributed by atoms with Crippen molar-refractivity contribution in [2.24, 2.45) is 0 Å². The average Bonchev–Trinajstić information content (AvgIpc) is 2.75. The summed E-state index contributed by atoms with van der Waals surface area (Å²) in [5, 5.41) is 0. The van der Waals surface area contributed by atoms with E-state index in [0.29, 0.717) is 25.1 Å². The molecule has 0 bridgehead atoms. The van der Waals surface area contributed by atoms with Crippen LogP contribution in [-0.4, -0.2) is 53.5 Å². The van der Waals surface area contributed by atoms with E-state index in [9.17, 15) is 27.2 Å². The molecule has 1 atom stereocenters. The van der Waals surface area contributed by atoms with Crippen molar-refractivity contribution in [2.75, 3.05) is 31.1 Å². The van der Waals surface area contributed by atoms with Crippen molar-refractivity contribution < 1.29 is 31.9 Å². The molecule has 0 radical (unpaired) electrons. The van der Waals surface area contributed by atoms with Gasteiger partial charge in [-0.2, -0.15) is 13.2 Å². The van der Waals surface area contributed by atoms with E-state index in [0.717, 1.165) is 18.3 Å². The molecule has 10 heteroatoms. The topological polar surface area (TPSA) is 62.7 Å². The van der Waals surface area contributed by atoms with Crippen LogP contribution in [0.5, 0.6) is 0 Å². The molecular weight excluding hydrogens is 418 g/mol. The molecule has 1 aromatic heterocycles. The molecule has 2 aromatic rings. The van der Waals surface area contributed by atoms with E-state index in [2.05, 4.69) is 4.98 Å². The minimum atomic E-state index is -4.58. The third-order valence-electron chi connectivity index (χ3n) is 5.51. The van der Waals surface area contributed by atoms with Crippen molar-refractivity contribution in [3.05, 3.63) is 59.7 Å². The maximum Gasteiger partial charge on any atom is 0.433 e. The van der Waals surface area contributed by atoms with E-state index >= 15 is 0 Å². The number of carbonyl (C=O) groups is 2. The molecule has 31 heavy (non-hydrogen) atoms. The molecule has 1 unspecified atom stereocenters. The Hall–Kier alpha value is -3.01. The fourth-order valence-corrected chi connectivity index (χ4v) is 3.96. The lowest BCUT2D eigenvalue weighted by Gasteiger charge is -2.47. The van der Waals surface area contributed by atoms with Crippen LogP contribution >= 0.6 is 0 Å². The number of nitrogens with zero attached hydrogens (tertiary/aromatic N) is 3. The van der Waals surface area contributed by atoms with Crippen molar-refractivity contribution in [3.8, 4) is 0 Å². The predicted octanol–water partition coefficient (Wildman–Crippen LogP) is 3.28. The highest BCUT2D eigenvalue weighted by molar-refractivity contribution is 5.96. The van der Waals surface area contributed by atoms with Gasteiger partial charge in [0.1, 0.15) is 23.7 Å². The van der Waals surface area contributed by atoms with Crippen LogP contribution in [0, 0.1) is 5.82 Å². The number of piperidine rings is 1. The highest BCUT2D eigenvalue weighted by Gasteiger charge is 2.44. The van der Waals surface area contributed by atoms with Gasteiger partial charge in [-0.15, -0.1) is 0 Å². The molecule has 2 saturated heterocycles. The molecular formula is C21H19F4N3O3. The minimum absolute atomic E-state index is 0.0485. The first kappa shape index (κ1) is 21.2. The Morgan fingerprint density at radius 3 is 2.48 bits per heavy atom. The number of carbonyl (C=O) groups excluding carboxylic acids is 2. The Morgan fingerprint density at radius 1 is 1.10 bits per heavy atom. The third-order valence-corrected chi connectivity index (χ3v) is 5.51. The number of likely N-dealkylation sites (tertiary alicyclic amines) is 1. The first-order chi connectivity index (χ1) is 14.7. The summed E-state index contributed by atoms with van der Waals surface area (Å²) in [5.41, 5.74) is -1.30. The summed E-state index contributed by atoms with van der Waals surface area (Å²) in [6.07, 6.45) is -2.45. The number of benzene rings is 1. The number of alkyl halides is 3. The molecule has 2 aliphatic rings. The van der Waals surface area contributed by atoms with Crippen LogP contribution in [0.3, 0.4) is 0 Å². The quantitative estimate of drug-likeness (QED) is 0.677. The van der Waals surface area contributed by atoms with Crippen LogP contribution in [0.2, 0.25) is 0 Å². The maximum absolute atomic E-state index is 13.3. The minimum Gasteiger partial charge on any atom is -0.361 e. The highest BCUT2D eigenvalue weighted by atomic mass is 19.4. The zero-order chi connectivity index (χ0) is 22.2. The smallest absolute Gasteiger partial charge is 0.361 e. The number of ether oxygens (including phenoxy) is 1. The van der Waals surface area contributed by atoms with Crippen molar-refractivity contribution in [3.63, 3.8) is 0 Å². The molecule has 0 N–H and O–H groups in total. The normalized spacial score (nSPS) is 22.1. The predicted molar refractivity (Wildman–Crippen MR) is 102 cm³/mol. The number of amides is 2. The monoisotopic (exact) mass is 437 g/mol. The standard InChI is InChI=1S/C21H19F4N3O3/c22-15-3-5-16(6-4-15)28-13-20(31-11-18(28)29)8-1-9-27(12-20)19(30)14-2-7-17(26-10-14)21(23,24)25/h2-7,10H,1,8-9,11-13H2. The maximum atomic E-state index is 13.3. The van der Waals surface area contributed by atoms with Crippen molar-refractivity contribution in [2.45, 2.75) is 24.6 Å². The second-order valence-corrected chi connectivity index (χ2v) is 7.69. The molecule has 2 amide bonds. The summed E-state index contributed by atoms with van der Waals surface area (Å²) < 4.78 is 57.3. The van der Waals surface area contributed by atoms with Gasteiger partial charge < -0.3 is 14.5 Å². The highest BCUT2D eigenvalue weighted by Crippen LogP contribution is 2.33. The van der Waals surface area contributed by atoms with E-state index in [1.165, 1.54) is 34.1 Å². The van der Waals surface area contributed by atoms with Crippen LogP contribution in [-0.2, 0) is 15.7 Å². The lowest BCUT2D eigenvalue weighted by molar-refractivity contribution is -0.144. The Morgan fingerprint density at radius 2 is 1.84 bits per heavy atom. The van der Waals surface area contributed by atoms with Gasteiger partial charge in [0, 0.05) is 18.4 Å². The van der Waals surface area contributed by atoms with Gasteiger partial charge in [-0.3, -0.25) is 14.6 Å². The summed E-state index contributed by atoms with van der Waals surface area (Å²) in [4.78, 5) is 31.6. The molecule has 3 heterocycles. The SMILES string of the molecule is O=C(c1ccc(C(F)(F)F)nc1)N1CCCC2(C1)CN(c1ccc(F)cc1)C(=O)CO2. The average molecular weight is 437 g/mol. The van der Waals surface area contributed by atoms with Gasteiger partial charge in [0.2, 0.25) is 0 Å². The van der Waals surface area contributed by atoms with Gasteiger partial charge in [-0.25, -0.2) is 4.39 Å². The molecule has 164 valence electrons. The Balaban J connectivity index is 1.51. The van der Waals surface area contributed by atoms with E-state index in [4.69, 9.17) is 4.74 Å². The Kier molecular flexibility index (Phi) is 5.42. The molecule has 6 nitrogen and oxygen atoms in total. The lowest BCUT2D eigenvalue weighted by Crippen LogP contribution is -2.62. The van der Waals surface area contributed by atoms with Gasteiger partial charge >= 0.3 is 6.18 Å². The van der Waals surface area contributed by atoms with E-state index in [-0.39, 0.29) is 31.2 Å². The molecule has 4 rings (SSSR count). The summed E-state index contributed by atoms with van der Waals surface area (Å²) in [5.74, 6) is -1.14.